The van der Waals surface area contributed by atoms with Crippen molar-refractivity contribution in [3.8, 4) is 0 Å². The average molecular weight is 320 g/mol. The Kier molecular flexibility index (Phi) is 4.54. The van der Waals surface area contributed by atoms with Gasteiger partial charge in [0.2, 0.25) is 0 Å². The molecule has 3 rings (SSSR count). The van der Waals surface area contributed by atoms with E-state index in [9.17, 15) is 0 Å². The van der Waals surface area contributed by atoms with Gasteiger partial charge < -0.3 is 5.32 Å². The van der Waals surface area contributed by atoms with Gasteiger partial charge in [0, 0.05) is 12.0 Å². The van der Waals surface area contributed by atoms with Crippen LogP contribution in [0.5, 0.6) is 0 Å². The minimum atomic E-state index is 0.192. The van der Waals surface area contributed by atoms with Crippen LogP contribution in [0.3, 0.4) is 0 Å². The number of halogens is 2. The molecular formula is C18H19Cl2N. The van der Waals surface area contributed by atoms with Crippen LogP contribution in [-0.4, -0.2) is 7.05 Å². The first-order valence-electron chi connectivity index (χ1n) is 7.41. The van der Waals surface area contributed by atoms with Crippen LogP contribution in [0.2, 0.25) is 10.0 Å². The van der Waals surface area contributed by atoms with E-state index in [-0.39, 0.29) is 6.04 Å². The predicted molar refractivity (Wildman–Crippen MR) is 90.4 cm³/mol. The minimum absolute atomic E-state index is 0.192. The first-order valence-corrected chi connectivity index (χ1v) is 8.17. The van der Waals surface area contributed by atoms with Crippen molar-refractivity contribution >= 4 is 23.2 Å². The first kappa shape index (κ1) is 14.9. The number of fused-ring (bicyclic) bond motifs is 1. The fraction of sp³-hybridized carbons (Fsp3) is 0.333. The topological polar surface area (TPSA) is 12.0 Å². The normalized spacial score (nSPS) is 19.1. The molecule has 1 N–H and O–H groups in total. The van der Waals surface area contributed by atoms with Gasteiger partial charge in [0.25, 0.3) is 0 Å². The lowest BCUT2D eigenvalue weighted by atomic mass is 9.77. The molecule has 0 spiro atoms. The molecule has 3 heteroatoms. The molecule has 0 heterocycles. The zero-order valence-electron chi connectivity index (χ0n) is 12.1. The molecule has 0 bridgehead atoms. The van der Waals surface area contributed by atoms with Gasteiger partial charge in [0.05, 0.1) is 10.0 Å². The molecule has 0 saturated carbocycles. The number of nitrogens with one attached hydrogen (secondary N) is 1. The van der Waals surface area contributed by atoms with Crippen LogP contribution < -0.4 is 5.32 Å². The molecule has 0 saturated heterocycles. The molecule has 2 aromatic carbocycles. The SMILES string of the molecule is CNC(c1cccc(Cl)c1Cl)C1CCCc2ccccc21. The third-order valence-corrected chi connectivity index (χ3v) is 5.28. The van der Waals surface area contributed by atoms with Crippen LogP contribution in [0.1, 0.15) is 41.5 Å². The smallest absolute Gasteiger partial charge is 0.0640 e. The molecule has 0 aliphatic heterocycles. The number of hydrogen-bond donors (Lipinski definition) is 1. The average Bonchev–Trinajstić information content (AvgIpc) is 2.52. The van der Waals surface area contributed by atoms with Crippen molar-refractivity contribution in [1.82, 2.24) is 5.32 Å². The Morgan fingerprint density at radius 1 is 1.10 bits per heavy atom. The molecule has 1 nitrogen and oxygen atoms in total. The van der Waals surface area contributed by atoms with Gasteiger partial charge in [-0.15, -0.1) is 0 Å². The number of hydrogen-bond acceptors (Lipinski definition) is 1. The predicted octanol–water partition coefficient (Wildman–Crippen LogP) is 5.37. The van der Waals surface area contributed by atoms with Crippen LogP contribution in [0.25, 0.3) is 0 Å². The zero-order chi connectivity index (χ0) is 14.8. The van der Waals surface area contributed by atoms with E-state index in [2.05, 4.69) is 35.6 Å². The van der Waals surface area contributed by atoms with E-state index in [1.807, 2.05) is 19.2 Å². The van der Waals surface area contributed by atoms with Crippen molar-refractivity contribution in [1.29, 1.82) is 0 Å². The maximum Gasteiger partial charge on any atom is 0.0640 e. The molecule has 21 heavy (non-hydrogen) atoms. The summed E-state index contributed by atoms with van der Waals surface area (Å²) in [6, 6.07) is 14.8. The quantitative estimate of drug-likeness (QED) is 0.801. The number of likely N-dealkylation sites (N-methyl/N-ethyl adjacent to an activating group) is 1. The first-order chi connectivity index (χ1) is 10.2. The molecule has 2 unspecified atom stereocenters. The van der Waals surface area contributed by atoms with E-state index in [0.29, 0.717) is 16.0 Å². The monoisotopic (exact) mass is 319 g/mol. The number of rotatable bonds is 3. The summed E-state index contributed by atoms with van der Waals surface area (Å²) >= 11 is 12.6. The van der Waals surface area contributed by atoms with Gasteiger partial charge in [-0.05, 0) is 49.1 Å². The van der Waals surface area contributed by atoms with Gasteiger partial charge in [-0.2, -0.15) is 0 Å². The fourth-order valence-corrected chi connectivity index (χ4v) is 3.90. The highest BCUT2D eigenvalue weighted by molar-refractivity contribution is 6.42. The Bertz CT molecular complexity index is 639. The second-order valence-electron chi connectivity index (χ2n) is 5.61. The standard InChI is InChI=1S/C18H19Cl2N/c1-21-18(15-10-5-11-16(19)17(15)20)14-9-4-7-12-6-2-3-8-13(12)14/h2-3,5-6,8,10-11,14,18,21H,4,7,9H2,1H3. The zero-order valence-corrected chi connectivity index (χ0v) is 13.6. The Labute approximate surface area is 136 Å². The summed E-state index contributed by atoms with van der Waals surface area (Å²) in [5, 5.41) is 4.75. The molecule has 0 aromatic heterocycles. The lowest BCUT2D eigenvalue weighted by Gasteiger charge is -2.33. The summed E-state index contributed by atoms with van der Waals surface area (Å²) in [6.07, 6.45) is 3.57. The third kappa shape index (κ3) is 2.83. The second-order valence-corrected chi connectivity index (χ2v) is 6.39. The van der Waals surface area contributed by atoms with Crippen molar-refractivity contribution in [2.75, 3.05) is 7.05 Å². The van der Waals surface area contributed by atoms with Gasteiger partial charge >= 0.3 is 0 Å². The molecular weight excluding hydrogens is 301 g/mol. The van der Waals surface area contributed by atoms with E-state index in [0.717, 1.165) is 5.56 Å². The Morgan fingerprint density at radius 2 is 1.90 bits per heavy atom. The van der Waals surface area contributed by atoms with E-state index >= 15 is 0 Å². The fourth-order valence-electron chi connectivity index (χ4n) is 3.47. The van der Waals surface area contributed by atoms with Gasteiger partial charge in [-0.3, -0.25) is 0 Å². The Hall–Kier alpha value is -1.02. The van der Waals surface area contributed by atoms with Gasteiger partial charge in [-0.1, -0.05) is 59.6 Å². The van der Waals surface area contributed by atoms with E-state index in [1.54, 1.807) is 0 Å². The molecule has 0 radical (unpaired) electrons. The molecule has 0 fully saturated rings. The van der Waals surface area contributed by atoms with E-state index in [1.165, 1.54) is 30.4 Å². The van der Waals surface area contributed by atoms with Crippen molar-refractivity contribution in [2.45, 2.75) is 31.2 Å². The summed E-state index contributed by atoms with van der Waals surface area (Å²) in [6.45, 7) is 0. The van der Waals surface area contributed by atoms with Crippen LogP contribution in [-0.2, 0) is 6.42 Å². The molecule has 0 amide bonds. The molecule has 2 atom stereocenters. The highest BCUT2D eigenvalue weighted by Crippen LogP contribution is 2.43. The maximum atomic E-state index is 6.44. The lowest BCUT2D eigenvalue weighted by Crippen LogP contribution is -2.27. The van der Waals surface area contributed by atoms with Crippen molar-refractivity contribution < 1.29 is 0 Å². The van der Waals surface area contributed by atoms with Crippen molar-refractivity contribution in [3.05, 3.63) is 69.2 Å². The van der Waals surface area contributed by atoms with Gasteiger partial charge in [0.15, 0.2) is 0 Å². The van der Waals surface area contributed by atoms with Crippen LogP contribution in [0.15, 0.2) is 42.5 Å². The maximum absolute atomic E-state index is 6.44. The van der Waals surface area contributed by atoms with Gasteiger partial charge in [-0.25, -0.2) is 0 Å². The van der Waals surface area contributed by atoms with Crippen molar-refractivity contribution in [2.24, 2.45) is 0 Å². The van der Waals surface area contributed by atoms with Crippen molar-refractivity contribution in [3.63, 3.8) is 0 Å². The van der Waals surface area contributed by atoms with Gasteiger partial charge in [0.1, 0.15) is 0 Å². The van der Waals surface area contributed by atoms with Crippen LogP contribution >= 0.6 is 23.2 Å². The summed E-state index contributed by atoms with van der Waals surface area (Å²) < 4.78 is 0. The number of benzene rings is 2. The summed E-state index contributed by atoms with van der Waals surface area (Å²) in [7, 11) is 2.00. The highest BCUT2D eigenvalue weighted by Gasteiger charge is 2.29. The summed E-state index contributed by atoms with van der Waals surface area (Å²) in [5.74, 6) is 0.441. The lowest BCUT2D eigenvalue weighted by molar-refractivity contribution is 0.425. The Balaban J connectivity index is 2.04. The number of aryl methyl sites for hydroxylation is 1. The third-order valence-electron chi connectivity index (χ3n) is 4.45. The Morgan fingerprint density at radius 3 is 2.71 bits per heavy atom. The molecule has 2 aromatic rings. The molecule has 1 aliphatic carbocycles. The largest absolute Gasteiger partial charge is 0.312 e. The summed E-state index contributed by atoms with van der Waals surface area (Å²) in [5.41, 5.74) is 4.00. The van der Waals surface area contributed by atoms with Crippen LogP contribution in [0, 0.1) is 0 Å². The minimum Gasteiger partial charge on any atom is -0.312 e. The second kappa shape index (κ2) is 6.39. The molecule has 1 aliphatic rings. The molecule has 110 valence electrons. The van der Waals surface area contributed by atoms with E-state index < -0.39 is 0 Å². The van der Waals surface area contributed by atoms with Crippen LogP contribution in [0.4, 0.5) is 0 Å². The summed E-state index contributed by atoms with van der Waals surface area (Å²) in [4.78, 5) is 0. The van der Waals surface area contributed by atoms with E-state index in [4.69, 9.17) is 23.2 Å². The highest BCUT2D eigenvalue weighted by atomic mass is 35.5.